The molecule has 0 unspecified atom stereocenters. The first kappa shape index (κ1) is 14.0. The summed E-state index contributed by atoms with van der Waals surface area (Å²) in [6, 6.07) is 0. The summed E-state index contributed by atoms with van der Waals surface area (Å²) in [4.78, 5) is 0. The molecule has 0 saturated heterocycles. The molecule has 0 aromatic heterocycles. The van der Waals surface area contributed by atoms with Crippen LogP contribution >= 0.6 is 0 Å². The van der Waals surface area contributed by atoms with E-state index >= 15 is 0 Å². The van der Waals surface area contributed by atoms with Crippen LogP contribution in [0.3, 0.4) is 0 Å². The van der Waals surface area contributed by atoms with Crippen LogP contribution in [0.2, 0.25) is 0 Å². The second-order valence-corrected chi connectivity index (χ2v) is 5.42. The summed E-state index contributed by atoms with van der Waals surface area (Å²) < 4.78 is 0. The zero-order chi connectivity index (χ0) is 13.1. The van der Waals surface area contributed by atoms with Gasteiger partial charge in [-0.25, -0.2) is 0 Å². The third-order valence-electron chi connectivity index (χ3n) is 3.17. The van der Waals surface area contributed by atoms with E-state index in [4.69, 9.17) is 5.11 Å². The molecule has 2 N–H and O–H groups in total. The van der Waals surface area contributed by atoms with E-state index in [1.165, 1.54) is 5.57 Å². The second kappa shape index (κ2) is 5.53. The van der Waals surface area contributed by atoms with Crippen LogP contribution in [0.15, 0.2) is 22.8 Å². The molecule has 2 heteroatoms. The number of rotatable bonds is 1. The van der Waals surface area contributed by atoms with E-state index in [9.17, 15) is 5.11 Å². The number of allylic oxidation sites excluding steroid dienone is 2. The first-order valence-corrected chi connectivity index (χ1v) is 6.04. The molecule has 17 heavy (non-hydrogen) atoms. The molecule has 0 radical (unpaired) electrons. The maximum absolute atomic E-state index is 9.77. The first-order valence-electron chi connectivity index (χ1n) is 6.04. The molecule has 0 saturated carbocycles. The Hall–Kier alpha value is -1.04. The van der Waals surface area contributed by atoms with Crippen molar-refractivity contribution in [1.82, 2.24) is 0 Å². The quantitative estimate of drug-likeness (QED) is 0.684. The Morgan fingerprint density at radius 3 is 2.71 bits per heavy atom. The van der Waals surface area contributed by atoms with E-state index in [0.717, 1.165) is 24.0 Å². The Bertz CT molecular complexity index is 402. The van der Waals surface area contributed by atoms with Crippen molar-refractivity contribution in [2.24, 2.45) is 5.41 Å². The smallest absolute Gasteiger partial charge is 0.0624 e. The van der Waals surface area contributed by atoms with Crippen LogP contribution in [0, 0.1) is 17.3 Å². The SMILES string of the molecule is CC(C#CC1=C(C)C[C@@H](O)CC1(C)C)=CCO. The monoisotopic (exact) mass is 234 g/mol. The molecule has 0 spiro atoms. The van der Waals surface area contributed by atoms with Gasteiger partial charge in [0.1, 0.15) is 0 Å². The molecule has 2 nitrogen and oxygen atoms in total. The predicted molar refractivity (Wildman–Crippen MR) is 70.3 cm³/mol. The van der Waals surface area contributed by atoms with E-state index in [2.05, 4.69) is 25.7 Å². The fourth-order valence-electron chi connectivity index (χ4n) is 2.42. The van der Waals surface area contributed by atoms with Crippen LogP contribution < -0.4 is 0 Å². The average molecular weight is 234 g/mol. The highest BCUT2D eigenvalue weighted by molar-refractivity contribution is 5.44. The van der Waals surface area contributed by atoms with Crippen LogP contribution in [0.1, 0.15) is 40.5 Å². The highest BCUT2D eigenvalue weighted by Crippen LogP contribution is 2.39. The van der Waals surface area contributed by atoms with E-state index in [1.54, 1.807) is 6.08 Å². The van der Waals surface area contributed by atoms with E-state index < -0.39 is 0 Å². The molecule has 0 heterocycles. The van der Waals surface area contributed by atoms with Gasteiger partial charge in [0.15, 0.2) is 0 Å². The summed E-state index contributed by atoms with van der Waals surface area (Å²) in [6.07, 6.45) is 2.94. The van der Waals surface area contributed by atoms with E-state index in [1.807, 2.05) is 13.8 Å². The summed E-state index contributed by atoms with van der Waals surface area (Å²) in [5.41, 5.74) is 3.13. The van der Waals surface area contributed by atoms with Crippen molar-refractivity contribution in [1.29, 1.82) is 0 Å². The van der Waals surface area contributed by atoms with Crippen LogP contribution in [0.4, 0.5) is 0 Å². The fourth-order valence-corrected chi connectivity index (χ4v) is 2.42. The highest BCUT2D eigenvalue weighted by atomic mass is 16.3. The Morgan fingerprint density at radius 2 is 2.18 bits per heavy atom. The lowest BCUT2D eigenvalue weighted by atomic mass is 9.72. The lowest BCUT2D eigenvalue weighted by Crippen LogP contribution is -2.28. The first-order chi connectivity index (χ1) is 7.86. The molecular weight excluding hydrogens is 212 g/mol. The molecular formula is C15H22O2. The Balaban J connectivity index is 3.03. The van der Waals surface area contributed by atoms with Crippen molar-refractivity contribution in [2.75, 3.05) is 6.61 Å². The van der Waals surface area contributed by atoms with Crippen molar-refractivity contribution in [3.05, 3.63) is 22.8 Å². The fraction of sp³-hybridized carbons (Fsp3) is 0.600. The van der Waals surface area contributed by atoms with Crippen LogP contribution in [-0.2, 0) is 0 Å². The molecule has 94 valence electrons. The number of hydrogen-bond acceptors (Lipinski definition) is 2. The summed E-state index contributed by atoms with van der Waals surface area (Å²) >= 11 is 0. The van der Waals surface area contributed by atoms with Gasteiger partial charge in [-0.3, -0.25) is 0 Å². The molecule has 1 atom stereocenters. The molecule has 0 aromatic rings. The molecule has 1 aliphatic carbocycles. The molecule has 0 aromatic carbocycles. The van der Waals surface area contributed by atoms with Gasteiger partial charge in [-0.15, -0.1) is 0 Å². The topological polar surface area (TPSA) is 40.5 Å². The predicted octanol–water partition coefficient (Wildman–Crippen LogP) is 2.43. The lowest BCUT2D eigenvalue weighted by Gasteiger charge is -2.34. The summed E-state index contributed by atoms with van der Waals surface area (Å²) in [6.45, 7) is 8.20. The maximum atomic E-state index is 9.77. The third kappa shape index (κ3) is 3.73. The Morgan fingerprint density at radius 1 is 1.53 bits per heavy atom. The van der Waals surface area contributed by atoms with Gasteiger partial charge in [0, 0.05) is 11.0 Å². The van der Waals surface area contributed by atoms with Gasteiger partial charge in [-0.1, -0.05) is 31.3 Å². The molecule has 1 rings (SSSR count). The van der Waals surface area contributed by atoms with Gasteiger partial charge in [0.25, 0.3) is 0 Å². The number of hydrogen-bond donors (Lipinski definition) is 2. The normalized spacial score (nSPS) is 24.4. The van der Waals surface area contributed by atoms with Crippen molar-refractivity contribution in [2.45, 2.75) is 46.6 Å². The number of aliphatic hydroxyl groups excluding tert-OH is 2. The Kier molecular flexibility index (Phi) is 4.56. The van der Waals surface area contributed by atoms with Gasteiger partial charge in [-0.2, -0.15) is 0 Å². The van der Waals surface area contributed by atoms with Gasteiger partial charge in [-0.05, 0) is 38.3 Å². The van der Waals surface area contributed by atoms with Gasteiger partial charge >= 0.3 is 0 Å². The maximum Gasteiger partial charge on any atom is 0.0624 e. The van der Waals surface area contributed by atoms with Gasteiger partial charge in [0.05, 0.1) is 12.7 Å². The van der Waals surface area contributed by atoms with Crippen LogP contribution in [0.25, 0.3) is 0 Å². The largest absolute Gasteiger partial charge is 0.393 e. The Labute approximate surface area is 104 Å². The number of aliphatic hydroxyl groups is 2. The molecule has 1 aliphatic rings. The zero-order valence-corrected chi connectivity index (χ0v) is 11.2. The minimum atomic E-state index is -0.246. The average Bonchev–Trinajstić information content (AvgIpc) is 2.14. The van der Waals surface area contributed by atoms with Crippen LogP contribution in [-0.4, -0.2) is 22.9 Å². The lowest BCUT2D eigenvalue weighted by molar-refractivity contribution is 0.117. The third-order valence-corrected chi connectivity index (χ3v) is 3.17. The molecule has 0 amide bonds. The van der Waals surface area contributed by atoms with Crippen LogP contribution in [0.5, 0.6) is 0 Å². The van der Waals surface area contributed by atoms with Gasteiger partial charge in [0.2, 0.25) is 0 Å². The molecule has 0 fully saturated rings. The zero-order valence-electron chi connectivity index (χ0n) is 11.2. The summed E-state index contributed by atoms with van der Waals surface area (Å²) in [7, 11) is 0. The van der Waals surface area contributed by atoms with Crippen molar-refractivity contribution in [3.8, 4) is 11.8 Å². The van der Waals surface area contributed by atoms with Crippen molar-refractivity contribution >= 4 is 0 Å². The van der Waals surface area contributed by atoms with E-state index in [-0.39, 0.29) is 18.1 Å². The van der Waals surface area contributed by atoms with Crippen molar-refractivity contribution in [3.63, 3.8) is 0 Å². The van der Waals surface area contributed by atoms with E-state index in [0.29, 0.717) is 0 Å². The van der Waals surface area contributed by atoms with Gasteiger partial charge < -0.3 is 10.2 Å². The second-order valence-electron chi connectivity index (χ2n) is 5.42. The molecule has 0 aliphatic heterocycles. The summed E-state index contributed by atoms with van der Waals surface area (Å²) in [5, 5.41) is 18.5. The van der Waals surface area contributed by atoms with Crippen molar-refractivity contribution < 1.29 is 10.2 Å². The summed E-state index contributed by atoms with van der Waals surface area (Å²) in [5.74, 6) is 6.27. The highest BCUT2D eigenvalue weighted by Gasteiger charge is 2.31. The minimum absolute atomic E-state index is 0.0284. The minimum Gasteiger partial charge on any atom is -0.393 e. The molecule has 0 bridgehead atoms. The standard InChI is InChI=1S/C15H22O2/c1-11(7-8-16)5-6-14-12(2)9-13(17)10-15(14,3)4/h7,13,16-17H,8-10H2,1-4H3/t13-/m1/s1.